The van der Waals surface area contributed by atoms with E-state index in [1.165, 1.54) is 0 Å². The van der Waals surface area contributed by atoms with Gasteiger partial charge in [-0.3, -0.25) is 14.6 Å². The van der Waals surface area contributed by atoms with E-state index in [4.69, 9.17) is 0 Å². The number of aromatic nitrogens is 1. The summed E-state index contributed by atoms with van der Waals surface area (Å²) >= 11 is 0. The number of rotatable bonds is 7. The number of pyridine rings is 1. The highest BCUT2D eigenvalue weighted by molar-refractivity contribution is 5.96. The normalized spacial score (nSPS) is 13.7. The van der Waals surface area contributed by atoms with Crippen LogP contribution >= 0.6 is 0 Å². The maximum Gasteiger partial charge on any atom is 0.251 e. The fourth-order valence-corrected chi connectivity index (χ4v) is 4.11. The molecule has 1 saturated carbocycles. The number of hydrogen-bond donors (Lipinski definition) is 3. The van der Waals surface area contributed by atoms with Crippen LogP contribution in [0.25, 0.3) is 11.1 Å². The largest absolute Gasteiger partial charge is 0.392 e. The molecule has 0 unspecified atom stereocenters. The van der Waals surface area contributed by atoms with Crippen molar-refractivity contribution in [2.45, 2.75) is 44.9 Å². The number of carbonyl (C=O) groups is 2. The molecule has 1 aliphatic carbocycles. The number of hydrogen-bond acceptors (Lipinski definition) is 4. The first kappa shape index (κ1) is 21.7. The van der Waals surface area contributed by atoms with E-state index < -0.39 is 0 Å². The average molecular weight is 430 g/mol. The molecule has 1 aromatic heterocycles. The van der Waals surface area contributed by atoms with Gasteiger partial charge in [0.15, 0.2) is 0 Å². The summed E-state index contributed by atoms with van der Waals surface area (Å²) in [6.45, 7) is 0.0544. The van der Waals surface area contributed by atoms with E-state index in [1.54, 1.807) is 24.5 Å². The summed E-state index contributed by atoms with van der Waals surface area (Å²) in [6.07, 6.45) is 7.81. The highest BCUT2D eigenvalue weighted by Gasteiger charge is 2.18. The van der Waals surface area contributed by atoms with Crippen LogP contribution in [0.4, 0.5) is 0 Å². The molecule has 4 rings (SSSR count). The van der Waals surface area contributed by atoms with Crippen molar-refractivity contribution in [3.05, 3.63) is 89.2 Å². The van der Waals surface area contributed by atoms with Crippen molar-refractivity contribution in [3.8, 4) is 11.1 Å². The Morgan fingerprint density at radius 1 is 0.938 bits per heavy atom. The summed E-state index contributed by atoms with van der Waals surface area (Å²) in [5.41, 5.74) is 4.31. The molecule has 0 atom stereocenters. The third-order valence-corrected chi connectivity index (χ3v) is 5.87. The standard InChI is InChI=1S/C26H27N3O3/c30-17-22-15-20(19-10-12-27-13-11-19)8-9-24(22)26(32)28-16-18-4-3-5-21(14-18)25(31)29-23-6-1-2-7-23/h3-5,8-15,23,30H,1-2,6-7,16-17H2,(H,28,32)(H,29,31). The fraction of sp³-hybridized carbons (Fsp3) is 0.269. The van der Waals surface area contributed by atoms with Gasteiger partial charge in [-0.2, -0.15) is 0 Å². The minimum absolute atomic E-state index is 0.0701. The molecule has 6 heteroatoms. The number of nitrogens with zero attached hydrogens (tertiary/aromatic N) is 1. The predicted molar refractivity (Wildman–Crippen MR) is 123 cm³/mol. The number of benzene rings is 2. The van der Waals surface area contributed by atoms with Gasteiger partial charge in [-0.1, -0.05) is 31.0 Å². The summed E-state index contributed by atoms with van der Waals surface area (Å²) in [5.74, 6) is -0.338. The van der Waals surface area contributed by atoms with Gasteiger partial charge in [0.1, 0.15) is 0 Å². The van der Waals surface area contributed by atoms with Crippen LogP contribution in [0.1, 0.15) is 57.5 Å². The maximum atomic E-state index is 12.8. The lowest BCUT2D eigenvalue weighted by atomic mass is 9.99. The van der Waals surface area contributed by atoms with Crippen molar-refractivity contribution in [2.75, 3.05) is 0 Å². The minimum atomic E-state index is -0.267. The van der Waals surface area contributed by atoms with Gasteiger partial charge in [-0.25, -0.2) is 0 Å². The zero-order valence-corrected chi connectivity index (χ0v) is 17.9. The monoisotopic (exact) mass is 429 g/mol. The Labute approximate surface area is 187 Å². The van der Waals surface area contributed by atoms with Gasteiger partial charge in [-0.05, 0) is 71.5 Å². The van der Waals surface area contributed by atoms with Crippen molar-refractivity contribution in [3.63, 3.8) is 0 Å². The number of nitrogens with one attached hydrogen (secondary N) is 2. The summed E-state index contributed by atoms with van der Waals surface area (Å²) in [4.78, 5) is 29.3. The third-order valence-electron chi connectivity index (χ3n) is 5.87. The summed E-state index contributed by atoms with van der Waals surface area (Å²) in [5, 5.41) is 15.8. The Balaban J connectivity index is 1.42. The number of aliphatic hydroxyl groups excluding tert-OH is 1. The first-order valence-corrected chi connectivity index (χ1v) is 11.0. The van der Waals surface area contributed by atoms with E-state index in [9.17, 15) is 14.7 Å². The molecule has 0 aliphatic heterocycles. The van der Waals surface area contributed by atoms with Gasteiger partial charge >= 0.3 is 0 Å². The van der Waals surface area contributed by atoms with Crippen molar-refractivity contribution < 1.29 is 14.7 Å². The van der Waals surface area contributed by atoms with Crippen LogP contribution in [0.2, 0.25) is 0 Å². The SMILES string of the molecule is O=C(NC1CCCC1)c1cccc(CNC(=O)c2ccc(-c3ccncc3)cc2CO)c1. The lowest BCUT2D eigenvalue weighted by Crippen LogP contribution is -2.32. The zero-order chi connectivity index (χ0) is 22.3. The van der Waals surface area contributed by atoms with Crippen LogP contribution in [0.5, 0.6) is 0 Å². The van der Waals surface area contributed by atoms with E-state index in [0.717, 1.165) is 42.4 Å². The van der Waals surface area contributed by atoms with Crippen LogP contribution in [0.15, 0.2) is 67.0 Å². The Kier molecular flexibility index (Phi) is 6.92. The van der Waals surface area contributed by atoms with E-state index in [2.05, 4.69) is 15.6 Å². The van der Waals surface area contributed by atoms with E-state index in [-0.39, 0.29) is 24.5 Å². The lowest BCUT2D eigenvalue weighted by Gasteiger charge is -2.13. The average Bonchev–Trinajstić information content (AvgIpc) is 3.36. The van der Waals surface area contributed by atoms with Gasteiger partial charge in [-0.15, -0.1) is 0 Å². The van der Waals surface area contributed by atoms with E-state index in [0.29, 0.717) is 23.2 Å². The first-order valence-electron chi connectivity index (χ1n) is 11.0. The van der Waals surface area contributed by atoms with Gasteiger partial charge in [0, 0.05) is 36.1 Å². The van der Waals surface area contributed by atoms with Gasteiger partial charge in [0.2, 0.25) is 0 Å². The molecule has 3 aromatic rings. The Hall–Kier alpha value is -3.51. The van der Waals surface area contributed by atoms with Crippen molar-refractivity contribution in [1.82, 2.24) is 15.6 Å². The number of carbonyl (C=O) groups excluding carboxylic acids is 2. The molecule has 0 saturated heterocycles. The second-order valence-corrected chi connectivity index (χ2v) is 8.10. The second-order valence-electron chi connectivity index (χ2n) is 8.10. The molecular formula is C26H27N3O3. The van der Waals surface area contributed by atoms with Crippen LogP contribution in [-0.4, -0.2) is 27.9 Å². The Morgan fingerprint density at radius 2 is 1.72 bits per heavy atom. The number of amides is 2. The molecule has 1 fully saturated rings. The molecule has 2 amide bonds. The van der Waals surface area contributed by atoms with Crippen LogP contribution in [-0.2, 0) is 13.2 Å². The maximum absolute atomic E-state index is 12.8. The predicted octanol–water partition coefficient (Wildman–Crippen LogP) is 3.84. The molecule has 164 valence electrons. The van der Waals surface area contributed by atoms with Gasteiger partial charge < -0.3 is 15.7 Å². The summed E-state index contributed by atoms with van der Waals surface area (Å²) in [7, 11) is 0. The highest BCUT2D eigenvalue weighted by Crippen LogP contribution is 2.22. The Morgan fingerprint density at radius 3 is 2.47 bits per heavy atom. The smallest absolute Gasteiger partial charge is 0.251 e. The molecule has 0 radical (unpaired) electrons. The Bertz CT molecular complexity index is 1090. The van der Waals surface area contributed by atoms with E-state index >= 15 is 0 Å². The molecule has 6 nitrogen and oxygen atoms in total. The van der Waals surface area contributed by atoms with Crippen molar-refractivity contribution in [1.29, 1.82) is 0 Å². The van der Waals surface area contributed by atoms with Crippen molar-refractivity contribution >= 4 is 11.8 Å². The topological polar surface area (TPSA) is 91.3 Å². The van der Waals surface area contributed by atoms with Crippen LogP contribution in [0, 0.1) is 0 Å². The van der Waals surface area contributed by atoms with Gasteiger partial charge in [0.05, 0.1) is 6.61 Å². The van der Waals surface area contributed by atoms with Crippen LogP contribution in [0.3, 0.4) is 0 Å². The van der Waals surface area contributed by atoms with Crippen molar-refractivity contribution in [2.24, 2.45) is 0 Å². The third kappa shape index (κ3) is 5.21. The molecule has 32 heavy (non-hydrogen) atoms. The molecule has 3 N–H and O–H groups in total. The minimum Gasteiger partial charge on any atom is -0.392 e. The quantitative estimate of drug-likeness (QED) is 0.532. The molecular weight excluding hydrogens is 402 g/mol. The molecule has 0 spiro atoms. The fourth-order valence-electron chi connectivity index (χ4n) is 4.11. The molecule has 0 bridgehead atoms. The molecule has 1 aliphatic rings. The summed E-state index contributed by atoms with van der Waals surface area (Å²) in [6, 6.07) is 16.7. The first-order chi connectivity index (χ1) is 15.6. The van der Waals surface area contributed by atoms with Crippen LogP contribution < -0.4 is 10.6 Å². The zero-order valence-electron chi connectivity index (χ0n) is 17.9. The second kappa shape index (κ2) is 10.2. The summed E-state index contributed by atoms with van der Waals surface area (Å²) < 4.78 is 0. The van der Waals surface area contributed by atoms with E-state index in [1.807, 2.05) is 42.5 Å². The highest BCUT2D eigenvalue weighted by atomic mass is 16.3. The number of aliphatic hydroxyl groups is 1. The van der Waals surface area contributed by atoms with Gasteiger partial charge in [0.25, 0.3) is 11.8 Å². The molecule has 1 heterocycles. The lowest BCUT2D eigenvalue weighted by molar-refractivity contribution is 0.0935. The molecule has 2 aromatic carbocycles.